The molecule has 0 amide bonds. The minimum atomic E-state index is -1.12. The summed E-state index contributed by atoms with van der Waals surface area (Å²) in [5.74, 6) is 0.718. The topological polar surface area (TPSA) is 50.9 Å². The van der Waals surface area contributed by atoms with Crippen molar-refractivity contribution >= 4 is 0 Å². The van der Waals surface area contributed by atoms with Gasteiger partial charge in [0.15, 0.2) is 17.8 Å². The average Bonchev–Trinajstić information content (AvgIpc) is 2.98. The normalized spacial score (nSPS) is 27.4. The van der Waals surface area contributed by atoms with E-state index in [9.17, 15) is 9.50 Å². The van der Waals surface area contributed by atoms with Crippen LogP contribution in [0.3, 0.4) is 0 Å². The van der Waals surface area contributed by atoms with Crippen LogP contribution in [-0.2, 0) is 0 Å². The molecular formula is C16H18FN3O. The predicted molar refractivity (Wildman–Crippen MR) is 75.4 cm³/mol. The molecule has 0 spiro atoms. The van der Waals surface area contributed by atoms with Crippen molar-refractivity contribution in [2.24, 2.45) is 5.41 Å². The van der Waals surface area contributed by atoms with E-state index in [1.165, 1.54) is 0 Å². The quantitative estimate of drug-likeness (QED) is 0.943. The van der Waals surface area contributed by atoms with Crippen molar-refractivity contribution in [3.8, 4) is 0 Å². The summed E-state index contributed by atoms with van der Waals surface area (Å²) in [5.41, 5.74) is 0.902. The van der Waals surface area contributed by atoms with Gasteiger partial charge in [0, 0.05) is 11.8 Å². The smallest absolute Gasteiger partial charge is 0.180 e. The van der Waals surface area contributed by atoms with Gasteiger partial charge in [-0.2, -0.15) is 5.10 Å². The van der Waals surface area contributed by atoms with Gasteiger partial charge in [0.1, 0.15) is 6.10 Å². The Labute approximate surface area is 122 Å². The Morgan fingerprint density at radius 1 is 1.33 bits per heavy atom. The summed E-state index contributed by atoms with van der Waals surface area (Å²) < 4.78 is 15.9. The highest BCUT2D eigenvalue weighted by molar-refractivity contribution is 5.24. The minimum absolute atomic E-state index is 0.128. The van der Waals surface area contributed by atoms with E-state index >= 15 is 0 Å². The number of aliphatic hydroxyl groups excluding tert-OH is 1. The molecule has 0 saturated heterocycles. The SMILES string of the molecule is CC1(C(O)c2nc3n(n2)[C@H](c2ccccc2)C[C@@H]3F)CC1. The molecule has 1 fully saturated rings. The standard InChI is InChI=1S/C16H18FN3O/c1-16(7-8-16)13(21)14-18-15-11(17)9-12(20(15)19-14)10-5-3-2-4-6-10/h2-6,11-13,21H,7-9H2,1H3/t11-,12-,13?/m0/s1. The number of fused-ring (bicyclic) bond motifs is 1. The molecule has 0 radical (unpaired) electrons. The number of rotatable bonds is 3. The lowest BCUT2D eigenvalue weighted by Crippen LogP contribution is -2.13. The second kappa shape index (κ2) is 4.37. The lowest BCUT2D eigenvalue weighted by atomic mass is 10.0. The van der Waals surface area contributed by atoms with Crippen molar-refractivity contribution in [1.29, 1.82) is 0 Å². The van der Waals surface area contributed by atoms with Crippen LogP contribution in [0.4, 0.5) is 4.39 Å². The van der Waals surface area contributed by atoms with Crippen molar-refractivity contribution in [1.82, 2.24) is 14.8 Å². The molecule has 110 valence electrons. The molecule has 5 heteroatoms. The van der Waals surface area contributed by atoms with Gasteiger partial charge in [-0.15, -0.1) is 0 Å². The average molecular weight is 287 g/mol. The third kappa shape index (κ3) is 1.99. The van der Waals surface area contributed by atoms with Gasteiger partial charge in [0.2, 0.25) is 0 Å². The highest BCUT2D eigenvalue weighted by atomic mass is 19.1. The highest BCUT2D eigenvalue weighted by Crippen LogP contribution is 2.54. The fourth-order valence-corrected chi connectivity index (χ4v) is 3.05. The molecule has 1 aromatic heterocycles. The molecule has 2 aromatic rings. The molecule has 4 nitrogen and oxygen atoms in total. The Hall–Kier alpha value is -1.75. The highest BCUT2D eigenvalue weighted by Gasteiger charge is 2.48. The molecular weight excluding hydrogens is 269 g/mol. The Balaban J connectivity index is 1.71. The van der Waals surface area contributed by atoms with Gasteiger partial charge in [-0.3, -0.25) is 0 Å². The third-order valence-electron chi connectivity index (χ3n) is 4.81. The first kappa shape index (κ1) is 13.0. The summed E-state index contributed by atoms with van der Waals surface area (Å²) in [6, 6.07) is 9.66. The Morgan fingerprint density at radius 2 is 2.05 bits per heavy atom. The number of aliphatic hydroxyl groups is 1. The maximum atomic E-state index is 14.2. The largest absolute Gasteiger partial charge is 0.384 e. The first-order valence-corrected chi connectivity index (χ1v) is 7.42. The second-order valence-electron chi connectivity index (χ2n) is 6.46. The zero-order valence-electron chi connectivity index (χ0n) is 11.9. The summed E-state index contributed by atoms with van der Waals surface area (Å²) in [4.78, 5) is 4.28. The summed E-state index contributed by atoms with van der Waals surface area (Å²) in [5, 5.41) is 14.8. The van der Waals surface area contributed by atoms with Crippen molar-refractivity contribution in [3.63, 3.8) is 0 Å². The van der Waals surface area contributed by atoms with Crippen molar-refractivity contribution in [2.45, 2.75) is 44.5 Å². The molecule has 3 atom stereocenters. The van der Waals surface area contributed by atoms with Gasteiger partial charge >= 0.3 is 0 Å². The van der Waals surface area contributed by atoms with Crippen LogP contribution >= 0.6 is 0 Å². The number of nitrogens with zero attached hydrogens (tertiary/aromatic N) is 3. The van der Waals surface area contributed by atoms with Gasteiger partial charge in [-0.05, 0) is 18.4 Å². The lowest BCUT2D eigenvalue weighted by molar-refractivity contribution is 0.0940. The van der Waals surface area contributed by atoms with Gasteiger partial charge in [-0.1, -0.05) is 37.3 Å². The first-order valence-electron chi connectivity index (χ1n) is 7.42. The van der Waals surface area contributed by atoms with Crippen molar-refractivity contribution < 1.29 is 9.50 Å². The predicted octanol–water partition coefficient (Wildman–Crippen LogP) is 3.12. The zero-order valence-corrected chi connectivity index (χ0v) is 11.9. The van der Waals surface area contributed by atoms with E-state index in [2.05, 4.69) is 10.1 Å². The van der Waals surface area contributed by atoms with E-state index in [4.69, 9.17) is 0 Å². The molecule has 4 rings (SSSR count). The Kier molecular flexibility index (Phi) is 2.70. The molecule has 2 aliphatic rings. The lowest BCUT2D eigenvalue weighted by Gasteiger charge is -2.15. The van der Waals surface area contributed by atoms with Gasteiger partial charge in [0.05, 0.1) is 6.04 Å². The number of halogens is 1. The number of alkyl halides is 1. The van der Waals surface area contributed by atoms with E-state index < -0.39 is 12.3 Å². The van der Waals surface area contributed by atoms with Gasteiger partial charge < -0.3 is 5.11 Å². The molecule has 0 bridgehead atoms. The summed E-state index contributed by atoms with van der Waals surface area (Å²) in [6.07, 6.45) is 0.501. The Bertz CT molecular complexity index is 665. The van der Waals surface area contributed by atoms with Crippen LogP contribution in [0.2, 0.25) is 0 Å². The van der Waals surface area contributed by atoms with Crippen molar-refractivity contribution in [3.05, 3.63) is 47.5 Å². The molecule has 1 N–H and O–H groups in total. The van der Waals surface area contributed by atoms with E-state index in [0.29, 0.717) is 18.1 Å². The third-order valence-corrected chi connectivity index (χ3v) is 4.81. The van der Waals surface area contributed by atoms with Crippen LogP contribution in [-0.4, -0.2) is 19.9 Å². The molecule has 1 aromatic carbocycles. The van der Waals surface area contributed by atoms with Gasteiger partial charge in [-0.25, -0.2) is 14.1 Å². The Morgan fingerprint density at radius 3 is 2.71 bits per heavy atom. The van der Waals surface area contributed by atoms with Crippen molar-refractivity contribution in [2.75, 3.05) is 0 Å². The van der Waals surface area contributed by atoms with Crippen LogP contribution in [0, 0.1) is 5.41 Å². The number of benzene rings is 1. The van der Waals surface area contributed by atoms with E-state index in [1.807, 2.05) is 37.3 Å². The second-order valence-corrected chi connectivity index (χ2v) is 6.46. The summed E-state index contributed by atoms with van der Waals surface area (Å²) >= 11 is 0. The summed E-state index contributed by atoms with van der Waals surface area (Å²) in [6.45, 7) is 2.02. The van der Waals surface area contributed by atoms with Crippen LogP contribution in [0.1, 0.15) is 61.7 Å². The number of aromatic nitrogens is 3. The van der Waals surface area contributed by atoms with E-state index in [-0.39, 0.29) is 11.5 Å². The first-order chi connectivity index (χ1) is 10.1. The van der Waals surface area contributed by atoms with Crippen LogP contribution in [0.25, 0.3) is 0 Å². The molecule has 2 heterocycles. The minimum Gasteiger partial charge on any atom is -0.384 e. The fraction of sp³-hybridized carbons (Fsp3) is 0.500. The zero-order chi connectivity index (χ0) is 14.6. The molecule has 1 aliphatic carbocycles. The molecule has 1 unspecified atom stereocenters. The maximum absolute atomic E-state index is 14.2. The van der Waals surface area contributed by atoms with Crippen LogP contribution < -0.4 is 0 Å². The molecule has 1 saturated carbocycles. The van der Waals surface area contributed by atoms with Gasteiger partial charge in [0.25, 0.3) is 0 Å². The monoisotopic (exact) mass is 287 g/mol. The maximum Gasteiger partial charge on any atom is 0.180 e. The number of hydrogen-bond acceptors (Lipinski definition) is 3. The molecule has 1 aliphatic heterocycles. The van der Waals surface area contributed by atoms with Crippen LogP contribution in [0.15, 0.2) is 30.3 Å². The summed E-state index contributed by atoms with van der Waals surface area (Å²) in [7, 11) is 0. The fourth-order valence-electron chi connectivity index (χ4n) is 3.05. The van der Waals surface area contributed by atoms with E-state index in [1.54, 1.807) is 4.68 Å². The molecule has 21 heavy (non-hydrogen) atoms. The van der Waals surface area contributed by atoms with E-state index in [0.717, 1.165) is 18.4 Å². The van der Waals surface area contributed by atoms with Crippen LogP contribution in [0.5, 0.6) is 0 Å². The number of hydrogen-bond donors (Lipinski definition) is 1.